The second-order valence-corrected chi connectivity index (χ2v) is 11.0. The predicted molar refractivity (Wildman–Crippen MR) is 120 cm³/mol. The first-order valence-corrected chi connectivity index (χ1v) is 13.4. The van der Waals surface area contributed by atoms with Gasteiger partial charge >= 0.3 is 6.18 Å². The van der Waals surface area contributed by atoms with Gasteiger partial charge in [0.1, 0.15) is 0 Å². The summed E-state index contributed by atoms with van der Waals surface area (Å²) in [6, 6.07) is 3.24. The predicted octanol–water partition coefficient (Wildman–Crippen LogP) is 2.49. The van der Waals surface area contributed by atoms with Gasteiger partial charge in [0.05, 0.1) is 23.7 Å². The van der Waals surface area contributed by atoms with Crippen LogP contribution in [-0.2, 0) is 30.5 Å². The zero-order valence-electron chi connectivity index (χ0n) is 19.4. The van der Waals surface area contributed by atoms with E-state index >= 15 is 0 Å². The summed E-state index contributed by atoms with van der Waals surface area (Å²) in [5.74, 6) is -0.229. The maximum atomic E-state index is 13.4. The molecule has 1 aliphatic carbocycles. The van der Waals surface area contributed by atoms with Gasteiger partial charge in [-0.15, -0.1) is 0 Å². The summed E-state index contributed by atoms with van der Waals surface area (Å²) in [5.41, 5.74) is -0.999. The van der Waals surface area contributed by atoms with Gasteiger partial charge in [0.15, 0.2) is 0 Å². The minimum atomic E-state index is -4.63. The monoisotopic (exact) mass is 517 g/mol. The lowest BCUT2D eigenvalue weighted by molar-refractivity contribution is -0.140. The molecular formula is C23H30F3N3O5S. The number of alkyl halides is 3. The van der Waals surface area contributed by atoms with E-state index in [0.29, 0.717) is 71.1 Å². The Hall–Kier alpha value is -2.18. The van der Waals surface area contributed by atoms with Gasteiger partial charge in [0, 0.05) is 51.1 Å². The van der Waals surface area contributed by atoms with Crippen LogP contribution in [0.15, 0.2) is 29.2 Å². The number of ether oxygens (including phenoxy) is 1. The molecule has 0 bridgehead atoms. The van der Waals surface area contributed by atoms with E-state index < -0.39 is 21.8 Å². The SMILES string of the molecule is O=C(CCC(=O)N1CCC(N(C2CC2)S(=O)(=O)c2cccc(C(F)(F)F)c2)CC1)N1CCOCC1. The number of benzene rings is 1. The van der Waals surface area contributed by atoms with Crippen LogP contribution >= 0.6 is 0 Å². The number of hydrogen-bond donors (Lipinski definition) is 0. The number of hydrogen-bond acceptors (Lipinski definition) is 5. The van der Waals surface area contributed by atoms with Crippen molar-refractivity contribution < 1.29 is 35.9 Å². The lowest BCUT2D eigenvalue weighted by Crippen LogP contribution is -2.49. The summed E-state index contributed by atoms with van der Waals surface area (Å²) in [7, 11) is -4.12. The molecule has 3 fully saturated rings. The van der Waals surface area contributed by atoms with Crippen molar-refractivity contribution >= 4 is 21.8 Å². The van der Waals surface area contributed by atoms with Crippen LogP contribution < -0.4 is 0 Å². The molecular weight excluding hydrogens is 487 g/mol. The van der Waals surface area contributed by atoms with Crippen molar-refractivity contribution in [1.29, 1.82) is 0 Å². The topological polar surface area (TPSA) is 87.2 Å². The fourth-order valence-corrected chi connectivity index (χ4v) is 6.66. The Bertz CT molecular complexity index is 1030. The second-order valence-electron chi connectivity index (χ2n) is 9.20. The third-order valence-electron chi connectivity index (χ3n) is 6.74. The van der Waals surface area contributed by atoms with E-state index in [4.69, 9.17) is 4.74 Å². The lowest BCUT2D eigenvalue weighted by atomic mass is 10.0. The number of carbonyl (C=O) groups excluding carboxylic acids is 2. The first kappa shape index (κ1) is 25.9. The first-order chi connectivity index (χ1) is 16.6. The molecule has 0 spiro atoms. The van der Waals surface area contributed by atoms with Crippen molar-refractivity contribution in [3.63, 3.8) is 0 Å². The molecule has 1 saturated carbocycles. The van der Waals surface area contributed by atoms with E-state index in [2.05, 4.69) is 0 Å². The zero-order chi connectivity index (χ0) is 25.2. The molecule has 35 heavy (non-hydrogen) atoms. The van der Waals surface area contributed by atoms with E-state index in [1.54, 1.807) is 9.80 Å². The van der Waals surface area contributed by atoms with E-state index in [1.165, 1.54) is 10.4 Å². The van der Waals surface area contributed by atoms with Crippen LogP contribution in [0.1, 0.15) is 44.1 Å². The molecule has 12 heteroatoms. The quantitative estimate of drug-likeness (QED) is 0.555. The number of nitrogens with zero attached hydrogens (tertiary/aromatic N) is 3. The van der Waals surface area contributed by atoms with Crippen molar-refractivity contribution in [3.05, 3.63) is 29.8 Å². The number of morpholine rings is 1. The van der Waals surface area contributed by atoms with E-state index in [0.717, 1.165) is 12.1 Å². The molecule has 2 aliphatic heterocycles. The van der Waals surface area contributed by atoms with Gasteiger partial charge in [-0.1, -0.05) is 6.07 Å². The summed E-state index contributed by atoms with van der Waals surface area (Å²) in [4.78, 5) is 27.9. The second kappa shape index (κ2) is 10.4. The molecule has 8 nitrogen and oxygen atoms in total. The summed E-state index contributed by atoms with van der Waals surface area (Å²) in [6.07, 6.45) is -2.28. The molecule has 2 saturated heterocycles. The standard InChI is InChI=1S/C23H30F3N3O5S/c24-23(25,26)17-2-1-3-20(16-17)35(32,33)29(18-4-5-18)19-8-10-27(11-9-19)21(30)6-7-22(31)28-12-14-34-15-13-28/h1-3,16,18-19H,4-15H2. The molecule has 1 aromatic rings. The Morgan fingerprint density at radius 3 is 2.00 bits per heavy atom. The Kier molecular flexibility index (Phi) is 7.72. The molecule has 0 aromatic heterocycles. The van der Waals surface area contributed by atoms with E-state index in [-0.39, 0.29) is 41.6 Å². The van der Waals surface area contributed by atoms with Crippen LogP contribution in [0.25, 0.3) is 0 Å². The molecule has 194 valence electrons. The van der Waals surface area contributed by atoms with Gasteiger partial charge in [-0.2, -0.15) is 17.5 Å². The van der Waals surface area contributed by atoms with Crippen LogP contribution in [0, 0.1) is 0 Å². The molecule has 0 atom stereocenters. The van der Waals surface area contributed by atoms with Gasteiger partial charge in [0.2, 0.25) is 21.8 Å². The Morgan fingerprint density at radius 1 is 0.914 bits per heavy atom. The highest BCUT2D eigenvalue weighted by atomic mass is 32.2. The number of likely N-dealkylation sites (tertiary alicyclic amines) is 1. The molecule has 0 radical (unpaired) electrons. The average Bonchev–Trinajstić information content (AvgIpc) is 3.68. The van der Waals surface area contributed by atoms with Gasteiger partial charge in [-0.3, -0.25) is 9.59 Å². The molecule has 1 aromatic carbocycles. The van der Waals surface area contributed by atoms with E-state index in [9.17, 15) is 31.2 Å². The third-order valence-corrected chi connectivity index (χ3v) is 8.74. The number of carbonyl (C=O) groups is 2. The zero-order valence-corrected chi connectivity index (χ0v) is 20.2. The lowest BCUT2D eigenvalue weighted by Gasteiger charge is -2.38. The number of rotatable bonds is 7. The summed E-state index contributed by atoms with van der Waals surface area (Å²) >= 11 is 0. The normalized spacial score (nSPS) is 20.3. The minimum Gasteiger partial charge on any atom is -0.378 e. The largest absolute Gasteiger partial charge is 0.416 e. The first-order valence-electron chi connectivity index (χ1n) is 11.9. The fraction of sp³-hybridized carbons (Fsp3) is 0.652. The number of amides is 2. The van der Waals surface area contributed by atoms with Gasteiger partial charge in [-0.05, 0) is 43.9 Å². The summed E-state index contributed by atoms with van der Waals surface area (Å²) < 4.78 is 72.8. The molecule has 4 rings (SSSR count). The smallest absolute Gasteiger partial charge is 0.378 e. The molecule has 0 unspecified atom stereocenters. The van der Waals surface area contributed by atoms with Crippen molar-refractivity contribution in [2.75, 3.05) is 39.4 Å². The van der Waals surface area contributed by atoms with Crippen LogP contribution in [-0.4, -0.2) is 85.8 Å². The van der Waals surface area contributed by atoms with Crippen LogP contribution in [0.2, 0.25) is 0 Å². The number of halogens is 3. The van der Waals surface area contributed by atoms with Gasteiger partial charge in [-0.25, -0.2) is 8.42 Å². The summed E-state index contributed by atoms with van der Waals surface area (Å²) in [6.45, 7) is 2.72. The fourth-order valence-electron chi connectivity index (χ4n) is 4.69. The summed E-state index contributed by atoms with van der Waals surface area (Å²) in [5, 5.41) is 0. The molecule has 2 heterocycles. The third kappa shape index (κ3) is 6.15. The minimum absolute atomic E-state index is 0.0800. The number of piperidine rings is 1. The van der Waals surface area contributed by atoms with Crippen LogP contribution in [0.5, 0.6) is 0 Å². The highest BCUT2D eigenvalue weighted by Crippen LogP contribution is 2.38. The molecule has 2 amide bonds. The van der Waals surface area contributed by atoms with Gasteiger partial charge < -0.3 is 14.5 Å². The highest BCUT2D eigenvalue weighted by Gasteiger charge is 2.44. The Labute approximate surface area is 203 Å². The van der Waals surface area contributed by atoms with Crippen molar-refractivity contribution in [3.8, 4) is 0 Å². The van der Waals surface area contributed by atoms with Crippen molar-refractivity contribution in [2.24, 2.45) is 0 Å². The van der Waals surface area contributed by atoms with Gasteiger partial charge in [0.25, 0.3) is 0 Å². The number of sulfonamides is 1. The molecule has 0 N–H and O–H groups in total. The Balaban J connectivity index is 1.36. The van der Waals surface area contributed by atoms with Crippen LogP contribution in [0.3, 0.4) is 0 Å². The average molecular weight is 518 g/mol. The van der Waals surface area contributed by atoms with Crippen molar-refractivity contribution in [1.82, 2.24) is 14.1 Å². The van der Waals surface area contributed by atoms with Crippen molar-refractivity contribution in [2.45, 2.75) is 61.7 Å². The maximum absolute atomic E-state index is 13.4. The Morgan fingerprint density at radius 2 is 1.46 bits per heavy atom. The molecule has 3 aliphatic rings. The van der Waals surface area contributed by atoms with Crippen LogP contribution in [0.4, 0.5) is 13.2 Å². The van der Waals surface area contributed by atoms with E-state index in [1.807, 2.05) is 0 Å². The highest BCUT2D eigenvalue weighted by molar-refractivity contribution is 7.89. The maximum Gasteiger partial charge on any atom is 0.416 e.